The molecule has 8 heteroatoms. The van der Waals surface area contributed by atoms with E-state index >= 15 is 0 Å². The second-order valence-electron chi connectivity index (χ2n) is 3.90. The van der Waals surface area contributed by atoms with Gasteiger partial charge in [0.05, 0.1) is 12.6 Å². The third-order valence-corrected chi connectivity index (χ3v) is 2.39. The quantitative estimate of drug-likeness (QED) is 0.414. The summed E-state index contributed by atoms with van der Waals surface area (Å²) >= 11 is 0. The van der Waals surface area contributed by atoms with Crippen LogP contribution in [0.3, 0.4) is 0 Å². The number of hydrogen-bond acceptors (Lipinski definition) is 5. The van der Waals surface area contributed by atoms with Crippen molar-refractivity contribution < 1.29 is 24.6 Å². The zero-order valence-corrected chi connectivity index (χ0v) is 9.34. The highest BCUT2D eigenvalue weighted by molar-refractivity contribution is 5.83. The lowest BCUT2D eigenvalue weighted by Gasteiger charge is -2.19. The molecule has 0 spiro atoms. The average Bonchev–Trinajstić information content (AvgIpc) is 2.56. The van der Waals surface area contributed by atoms with Crippen LogP contribution in [0.4, 0.5) is 0 Å². The molecule has 1 rings (SSSR count). The van der Waals surface area contributed by atoms with Gasteiger partial charge in [0.15, 0.2) is 0 Å². The van der Waals surface area contributed by atoms with Crippen molar-refractivity contribution in [1.29, 1.82) is 0 Å². The first-order valence-corrected chi connectivity index (χ1v) is 5.10. The van der Waals surface area contributed by atoms with Gasteiger partial charge < -0.3 is 10.2 Å². The van der Waals surface area contributed by atoms with Crippen molar-refractivity contribution in [2.45, 2.75) is 25.5 Å². The zero-order chi connectivity index (χ0) is 13.0. The molecule has 0 aromatic rings. The fraction of sp³-hybridized carbons (Fsp3) is 0.667. The molecule has 96 valence electrons. The maximum atomic E-state index is 11.3. The smallest absolute Gasteiger partial charge is 0.321 e. The molecule has 1 aliphatic heterocycles. The van der Waals surface area contributed by atoms with Crippen LogP contribution in [0.2, 0.25) is 0 Å². The Hall–Kier alpha value is -1.67. The molecule has 0 radical (unpaired) electrons. The SMILES string of the molecule is CC(=O)NNC(=O)CN1CC(O)CC1C(=O)O. The number of aliphatic carboxylic acids is 1. The molecular formula is C9H15N3O5. The van der Waals surface area contributed by atoms with E-state index < -0.39 is 29.9 Å². The van der Waals surface area contributed by atoms with E-state index in [-0.39, 0.29) is 19.5 Å². The Kier molecular flexibility index (Phi) is 4.41. The topological polar surface area (TPSA) is 119 Å². The predicted molar refractivity (Wildman–Crippen MR) is 55.6 cm³/mol. The van der Waals surface area contributed by atoms with Gasteiger partial charge in [0, 0.05) is 19.9 Å². The fourth-order valence-corrected chi connectivity index (χ4v) is 1.69. The molecular weight excluding hydrogens is 230 g/mol. The molecule has 1 saturated heterocycles. The van der Waals surface area contributed by atoms with Crippen molar-refractivity contribution in [2.24, 2.45) is 0 Å². The Morgan fingerprint density at radius 3 is 2.53 bits per heavy atom. The molecule has 0 aromatic carbocycles. The van der Waals surface area contributed by atoms with Crippen molar-refractivity contribution in [2.75, 3.05) is 13.1 Å². The lowest BCUT2D eigenvalue weighted by molar-refractivity contribution is -0.142. The van der Waals surface area contributed by atoms with E-state index in [2.05, 4.69) is 10.9 Å². The number of aliphatic hydroxyl groups is 1. The molecule has 4 N–H and O–H groups in total. The third kappa shape index (κ3) is 4.00. The predicted octanol–water partition coefficient (Wildman–Crippen LogP) is -2.33. The molecule has 1 fully saturated rings. The van der Waals surface area contributed by atoms with Crippen LogP contribution in [0.15, 0.2) is 0 Å². The summed E-state index contributed by atoms with van der Waals surface area (Å²) in [6.07, 6.45) is -0.646. The van der Waals surface area contributed by atoms with Gasteiger partial charge in [0.1, 0.15) is 6.04 Å². The summed E-state index contributed by atoms with van der Waals surface area (Å²) in [6, 6.07) is -0.868. The number of aliphatic hydroxyl groups excluding tert-OH is 1. The number of nitrogens with one attached hydrogen (secondary N) is 2. The Morgan fingerprint density at radius 1 is 1.35 bits per heavy atom. The molecule has 1 aliphatic rings. The van der Waals surface area contributed by atoms with E-state index in [1.165, 1.54) is 11.8 Å². The molecule has 2 unspecified atom stereocenters. The molecule has 0 aromatic heterocycles. The number of likely N-dealkylation sites (tertiary alicyclic amines) is 1. The summed E-state index contributed by atoms with van der Waals surface area (Å²) in [5.74, 6) is -2.02. The average molecular weight is 245 g/mol. The number of amides is 2. The molecule has 8 nitrogen and oxygen atoms in total. The highest BCUT2D eigenvalue weighted by atomic mass is 16.4. The number of hydrogen-bond donors (Lipinski definition) is 4. The first-order valence-electron chi connectivity index (χ1n) is 5.10. The number of hydrazine groups is 1. The number of carbonyl (C=O) groups excluding carboxylic acids is 2. The van der Waals surface area contributed by atoms with Gasteiger partial charge in [-0.05, 0) is 0 Å². The normalized spacial score (nSPS) is 24.4. The van der Waals surface area contributed by atoms with E-state index in [9.17, 15) is 19.5 Å². The Balaban J connectivity index is 2.46. The molecule has 1 heterocycles. The summed E-state index contributed by atoms with van der Waals surface area (Å²) in [6.45, 7) is 1.18. The number of nitrogens with zero attached hydrogens (tertiary/aromatic N) is 1. The largest absolute Gasteiger partial charge is 0.480 e. The van der Waals surface area contributed by atoms with Gasteiger partial charge in [-0.1, -0.05) is 0 Å². The summed E-state index contributed by atoms with van der Waals surface area (Å²) in [5, 5.41) is 18.2. The van der Waals surface area contributed by atoms with Gasteiger partial charge in [0.25, 0.3) is 5.91 Å². The Morgan fingerprint density at radius 2 is 2.00 bits per heavy atom. The van der Waals surface area contributed by atoms with Crippen LogP contribution in [0.1, 0.15) is 13.3 Å². The van der Waals surface area contributed by atoms with Crippen molar-refractivity contribution >= 4 is 17.8 Å². The Bertz CT molecular complexity index is 333. The number of carboxylic acids is 1. The van der Waals surface area contributed by atoms with Crippen molar-refractivity contribution in [3.63, 3.8) is 0 Å². The van der Waals surface area contributed by atoms with Crippen LogP contribution in [0.5, 0.6) is 0 Å². The number of carbonyl (C=O) groups is 3. The summed E-state index contributed by atoms with van der Waals surface area (Å²) in [4.78, 5) is 34.1. The van der Waals surface area contributed by atoms with Gasteiger partial charge in [-0.2, -0.15) is 0 Å². The molecule has 2 atom stereocenters. The van der Waals surface area contributed by atoms with Gasteiger partial charge in [-0.25, -0.2) is 0 Å². The Labute approximate surface area is 97.6 Å². The third-order valence-electron chi connectivity index (χ3n) is 2.39. The molecule has 17 heavy (non-hydrogen) atoms. The van der Waals surface area contributed by atoms with E-state index in [0.717, 1.165) is 0 Å². The number of β-amino-alcohol motifs (C(OH)–C–C–N with tert-alkyl or cyclic N) is 1. The maximum absolute atomic E-state index is 11.3. The molecule has 0 saturated carbocycles. The fourth-order valence-electron chi connectivity index (χ4n) is 1.69. The lowest BCUT2D eigenvalue weighted by Crippen LogP contribution is -2.48. The van der Waals surface area contributed by atoms with Crippen LogP contribution < -0.4 is 10.9 Å². The minimum atomic E-state index is -1.08. The summed E-state index contributed by atoms with van der Waals surface area (Å²) in [5.41, 5.74) is 4.23. The van der Waals surface area contributed by atoms with Crippen LogP contribution in [-0.2, 0) is 14.4 Å². The van der Waals surface area contributed by atoms with E-state index in [4.69, 9.17) is 5.11 Å². The number of carboxylic acid groups (broad SMARTS) is 1. The summed E-state index contributed by atoms with van der Waals surface area (Å²) in [7, 11) is 0. The van der Waals surface area contributed by atoms with Crippen molar-refractivity contribution in [3.05, 3.63) is 0 Å². The first kappa shape index (κ1) is 13.4. The van der Waals surface area contributed by atoms with Crippen molar-refractivity contribution in [3.8, 4) is 0 Å². The monoisotopic (exact) mass is 245 g/mol. The highest BCUT2D eigenvalue weighted by Crippen LogP contribution is 2.17. The standard InChI is InChI=1S/C9H15N3O5/c1-5(13)10-11-8(15)4-12-3-6(14)2-7(12)9(16)17/h6-7,14H,2-4H2,1H3,(H,10,13)(H,11,15)(H,16,17). The van der Waals surface area contributed by atoms with Gasteiger partial charge in [-0.15, -0.1) is 0 Å². The second-order valence-corrected chi connectivity index (χ2v) is 3.90. The van der Waals surface area contributed by atoms with Crippen LogP contribution in [0.25, 0.3) is 0 Å². The van der Waals surface area contributed by atoms with Crippen LogP contribution >= 0.6 is 0 Å². The van der Waals surface area contributed by atoms with Gasteiger partial charge in [0.2, 0.25) is 5.91 Å². The van der Waals surface area contributed by atoms with E-state index in [1.54, 1.807) is 0 Å². The summed E-state index contributed by atoms with van der Waals surface area (Å²) < 4.78 is 0. The zero-order valence-electron chi connectivity index (χ0n) is 9.34. The van der Waals surface area contributed by atoms with Crippen molar-refractivity contribution in [1.82, 2.24) is 15.8 Å². The van der Waals surface area contributed by atoms with Crippen LogP contribution in [0, 0.1) is 0 Å². The highest BCUT2D eigenvalue weighted by Gasteiger charge is 2.36. The molecule has 2 amide bonds. The first-order chi connectivity index (χ1) is 7.90. The van der Waals surface area contributed by atoms with Crippen LogP contribution in [-0.4, -0.2) is 58.1 Å². The van der Waals surface area contributed by atoms with E-state index in [1.807, 2.05) is 0 Å². The second kappa shape index (κ2) is 5.60. The molecule has 0 aliphatic carbocycles. The van der Waals surface area contributed by atoms with E-state index in [0.29, 0.717) is 0 Å². The maximum Gasteiger partial charge on any atom is 0.321 e. The number of rotatable bonds is 3. The van der Waals surface area contributed by atoms with Gasteiger partial charge >= 0.3 is 5.97 Å². The molecule has 0 bridgehead atoms. The minimum Gasteiger partial charge on any atom is -0.480 e. The lowest BCUT2D eigenvalue weighted by atomic mass is 10.2. The minimum absolute atomic E-state index is 0.1000. The van der Waals surface area contributed by atoms with Gasteiger partial charge in [-0.3, -0.25) is 30.1 Å².